The summed E-state index contributed by atoms with van der Waals surface area (Å²) in [5.74, 6) is 3.74. The molecule has 30 heavy (non-hydrogen) atoms. The number of piperidine rings is 1. The van der Waals surface area contributed by atoms with E-state index in [9.17, 15) is 0 Å². The fraction of sp³-hybridized carbons (Fsp3) is 0.476. The van der Waals surface area contributed by atoms with Crippen molar-refractivity contribution in [3.63, 3.8) is 0 Å². The molecule has 9 heteroatoms. The van der Waals surface area contributed by atoms with Crippen LogP contribution in [0.4, 0.5) is 11.5 Å². The first kappa shape index (κ1) is 18.9. The van der Waals surface area contributed by atoms with Crippen LogP contribution in [0.25, 0.3) is 17.0 Å². The lowest BCUT2D eigenvalue weighted by molar-refractivity contribution is 0.312. The summed E-state index contributed by atoms with van der Waals surface area (Å²) in [6.07, 6.45) is 2.14. The summed E-state index contributed by atoms with van der Waals surface area (Å²) < 4.78 is 13.2. The third-order valence-corrected chi connectivity index (χ3v) is 6.12. The molecular weight excluding hydrogens is 382 g/mol. The topological polar surface area (TPSA) is 94.0 Å². The van der Waals surface area contributed by atoms with Gasteiger partial charge in [-0.1, -0.05) is 0 Å². The second-order valence-electron chi connectivity index (χ2n) is 7.92. The summed E-state index contributed by atoms with van der Waals surface area (Å²) in [5, 5.41) is 13.9. The molecule has 3 aromatic rings. The van der Waals surface area contributed by atoms with Gasteiger partial charge in [0.2, 0.25) is 5.65 Å². The van der Waals surface area contributed by atoms with Crippen molar-refractivity contribution in [1.29, 1.82) is 0 Å². The highest BCUT2D eigenvalue weighted by molar-refractivity contribution is 5.82. The van der Waals surface area contributed by atoms with Crippen LogP contribution in [0.15, 0.2) is 24.3 Å². The molecule has 2 aliphatic heterocycles. The van der Waals surface area contributed by atoms with E-state index in [-0.39, 0.29) is 0 Å². The van der Waals surface area contributed by atoms with Crippen molar-refractivity contribution in [1.82, 2.24) is 19.8 Å². The van der Waals surface area contributed by atoms with Crippen molar-refractivity contribution in [3.05, 3.63) is 24.3 Å². The lowest BCUT2D eigenvalue weighted by atomic mass is 9.97. The number of hydrogen-bond donors (Lipinski definition) is 1. The van der Waals surface area contributed by atoms with E-state index < -0.39 is 0 Å². The minimum Gasteiger partial charge on any atom is -0.497 e. The van der Waals surface area contributed by atoms with E-state index in [0.717, 1.165) is 67.6 Å². The van der Waals surface area contributed by atoms with E-state index in [0.29, 0.717) is 24.0 Å². The van der Waals surface area contributed by atoms with E-state index >= 15 is 0 Å². The molecule has 1 aromatic carbocycles. The van der Waals surface area contributed by atoms with Gasteiger partial charge in [-0.15, -0.1) is 15.3 Å². The van der Waals surface area contributed by atoms with Gasteiger partial charge in [-0.2, -0.15) is 4.52 Å². The minimum atomic E-state index is 0.583. The first-order valence-electron chi connectivity index (χ1n) is 10.4. The zero-order chi connectivity index (χ0) is 20.7. The SMILES string of the molecule is COc1ccc(-c2nnc3c4c(c(N5CCC(CN)CC5)nn23)N(C)CCO4)cc1. The van der Waals surface area contributed by atoms with E-state index in [2.05, 4.69) is 27.0 Å². The van der Waals surface area contributed by atoms with Gasteiger partial charge in [0.25, 0.3) is 0 Å². The zero-order valence-corrected chi connectivity index (χ0v) is 17.4. The summed E-state index contributed by atoms with van der Waals surface area (Å²) in [6.45, 7) is 4.04. The minimum absolute atomic E-state index is 0.583. The molecule has 0 saturated carbocycles. The van der Waals surface area contributed by atoms with Gasteiger partial charge in [-0.3, -0.25) is 0 Å². The summed E-state index contributed by atoms with van der Waals surface area (Å²) in [5.41, 5.74) is 8.45. The molecule has 158 valence electrons. The number of nitrogens with zero attached hydrogens (tertiary/aromatic N) is 6. The van der Waals surface area contributed by atoms with Gasteiger partial charge in [-0.25, -0.2) is 0 Å². The maximum absolute atomic E-state index is 6.09. The Bertz CT molecular complexity index is 1040. The van der Waals surface area contributed by atoms with Crippen LogP contribution >= 0.6 is 0 Å². The number of hydrogen-bond acceptors (Lipinski definition) is 8. The molecule has 0 spiro atoms. The Labute approximate surface area is 175 Å². The molecule has 0 unspecified atom stereocenters. The Balaban J connectivity index is 1.64. The molecule has 0 radical (unpaired) electrons. The smallest absolute Gasteiger partial charge is 0.222 e. The van der Waals surface area contributed by atoms with Gasteiger partial charge in [-0.05, 0) is 49.6 Å². The summed E-state index contributed by atoms with van der Waals surface area (Å²) in [4.78, 5) is 4.55. The monoisotopic (exact) mass is 409 g/mol. The highest BCUT2D eigenvalue weighted by atomic mass is 16.5. The number of methoxy groups -OCH3 is 1. The summed E-state index contributed by atoms with van der Waals surface area (Å²) in [6, 6.07) is 7.76. The van der Waals surface area contributed by atoms with Gasteiger partial charge in [0.05, 0.1) is 13.7 Å². The van der Waals surface area contributed by atoms with Crippen LogP contribution in [0, 0.1) is 5.92 Å². The average Bonchev–Trinajstić information content (AvgIpc) is 3.23. The van der Waals surface area contributed by atoms with Crippen LogP contribution in [0.3, 0.4) is 0 Å². The van der Waals surface area contributed by atoms with Crippen molar-refractivity contribution in [2.75, 3.05) is 56.7 Å². The molecular formula is C21H27N7O2. The third-order valence-electron chi connectivity index (χ3n) is 6.12. The molecule has 9 nitrogen and oxygen atoms in total. The second-order valence-corrected chi connectivity index (χ2v) is 7.92. The first-order chi connectivity index (χ1) is 14.7. The molecule has 0 amide bonds. The average molecular weight is 409 g/mol. The third kappa shape index (κ3) is 3.09. The van der Waals surface area contributed by atoms with Gasteiger partial charge in [0.1, 0.15) is 18.0 Å². The first-order valence-corrected chi connectivity index (χ1v) is 10.4. The van der Waals surface area contributed by atoms with Crippen molar-refractivity contribution < 1.29 is 9.47 Å². The number of aromatic nitrogens is 4. The second kappa shape index (κ2) is 7.64. The van der Waals surface area contributed by atoms with Gasteiger partial charge in [0.15, 0.2) is 17.4 Å². The largest absolute Gasteiger partial charge is 0.497 e. The lowest BCUT2D eigenvalue weighted by Gasteiger charge is -2.36. The number of rotatable bonds is 4. The highest BCUT2D eigenvalue weighted by Crippen LogP contribution is 2.42. The van der Waals surface area contributed by atoms with Crippen LogP contribution in [-0.4, -0.2) is 66.8 Å². The van der Waals surface area contributed by atoms with Crippen molar-refractivity contribution in [2.24, 2.45) is 11.7 Å². The van der Waals surface area contributed by atoms with Crippen molar-refractivity contribution in [2.45, 2.75) is 12.8 Å². The highest BCUT2D eigenvalue weighted by Gasteiger charge is 2.31. The Morgan fingerprint density at radius 1 is 1.13 bits per heavy atom. The van der Waals surface area contributed by atoms with Gasteiger partial charge >= 0.3 is 0 Å². The predicted molar refractivity (Wildman–Crippen MR) is 116 cm³/mol. The molecule has 0 bridgehead atoms. The molecule has 1 fully saturated rings. The van der Waals surface area contributed by atoms with E-state index in [1.807, 2.05) is 28.8 Å². The summed E-state index contributed by atoms with van der Waals surface area (Å²) >= 11 is 0. The number of benzene rings is 1. The Kier molecular flexibility index (Phi) is 4.82. The fourth-order valence-corrected chi connectivity index (χ4v) is 4.25. The molecule has 2 aliphatic rings. The van der Waals surface area contributed by atoms with Crippen molar-refractivity contribution >= 4 is 17.2 Å². The van der Waals surface area contributed by atoms with Gasteiger partial charge < -0.3 is 25.0 Å². The van der Waals surface area contributed by atoms with Crippen LogP contribution < -0.4 is 25.0 Å². The number of likely N-dealkylation sites (N-methyl/N-ethyl adjacent to an activating group) is 1. The Morgan fingerprint density at radius 3 is 2.60 bits per heavy atom. The molecule has 2 N–H and O–H groups in total. The number of anilines is 2. The van der Waals surface area contributed by atoms with Crippen LogP contribution in [0.2, 0.25) is 0 Å². The standard InChI is InChI=1S/C21H27N7O2/c1-26-11-12-30-18-17(26)20(27-9-7-14(13-22)8-10-27)25-28-19(23-24-21(18)28)15-3-5-16(29-2)6-4-15/h3-6,14H,7-13,22H2,1-2H3. The van der Waals surface area contributed by atoms with E-state index in [1.165, 1.54) is 0 Å². The van der Waals surface area contributed by atoms with Crippen LogP contribution in [0.5, 0.6) is 11.5 Å². The molecule has 5 rings (SSSR count). The molecule has 2 aromatic heterocycles. The maximum atomic E-state index is 6.09. The lowest BCUT2D eigenvalue weighted by Crippen LogP contribution is -2.39. The molecule has 4 heterocycles. The number of nitrogens with two attached hydrogens (primary N) is 1. The quantitative estimate of drug-likeness (QED) is 0.697. The molecule has 1 saturated heterocycles. The Hall–Kier alpha value is -3.07. The number of ether oxygens (including phenoxy) is 2. The predicted octanol–water partition coefficient (Wildman–Crippen LogP) is 1.80. The summed E-state index contributed by atoms with van der Waals surface area (Å²) in [7, 11) is 3.74. The van der Waals surface area contributed by atoms with E-state index in [4.69, 9.17) is 20.3 Å². The van der Waals surface area contributed by atoms with Crippen LogP contribution in [-0.2, 0) is 0 Å². The van der Waals surface area contributed by atoms with Crippen molar-refractivity contribution in [3.8, 4) is 22.9 Å². The zero-order valence-electron chi connectivity index (χ0n) is 17.4. The van der Waals surface area contributed by atoms with E-state index in [1.54, 1.807) is 7.11 Å². The van der Waals surface area contributed by atoms with Crippen LogP contribution in [0.1, 0.15) is 12.8 Å². The molecule has 0 aliphatic carbocycles. The van der Waals surface area contributed by atoms with Gasteiger partial charge in [0, 0.05) is 25.7 Å². The Morgan fingerprint density at radius 2 is 1.90 bits per heavy atom. The normalized spacial score (nSPS) is 17.2. The molecule has 0 atom stereocenters. The maximum Gasteiger partial charge on any atom is 0.222 e. The number of fused-ring (bicyclic) bond motifs is 3. The fourth-order valence-electron chi connectivity index (χ4n) is 4.25.